The molecule has 7 heteroatoms. The van der Waals surface area contributed by atoms with E-state index in [1.807, 2.05) is 30.3 Å². The Balaban J connectivity index is 1.63. The number of carbonyl (C=O) groups is 1. The molecule has 3 rings (SSSR count). The van der Waals surface area contributed by atoms with Gasteiger partial charge in [0.05, 0.1) is 5.25 Å². The van der Waals surface area contributed by atoms with Crippen molar-refractivity contribution in [3.05, 3.63) is 59.6 Å². The summed E-state index contributed by atoms with van der Waals surface area (Å²) in [5.41, 5.74) is 1.49. The van der Waals surface area contributed by atoms with Crippen molar-refractivity contribution in [3.8, 4) is 11.5 Å². The number of halogens is 1. The first kappa shape index (κ1) is 16.5. The minimum absolute atomic E-state index is 0.165. The topological polar surface area (TPSA) is 68.0 Å². The highest BCUT2D eigenvalue weighted by Crippen LogP contribution is 2.26. The summed E-state index contributed by atoms with van der Waals surface area (Å²) < 4.78 is 5.60. The Labute approximate surface area is 148 Å². The summed E-state index contributed by atoms with van der Waals surface area (Å²) in [7, 11) is 0. The van der Waals surface area contributed by atoms with Crippen LogP contribution in [0, 0.1) is 0 Å². The molecule has 1 N–H and O–H groups in total. The first-order valence-corrected chi connectivity index (χ1v) is 8.49. The molecule has 0 saturated carbocycles. The minimum atomic E-state index is -0.395. The molecule has 3 aromatic rings. The van der Waals surface area contributed by atoms with E-state index in [4.69, 9.17) is 16.0 Å². The summed E-state index contributed by atoms with van der Waals surface area (Å²) in [5, 5.41) is 11.3. The van der Waals surface area contributed by atoms with Crippen molar-refractivity contribution in [1.82, 2.24) is 10.2 Å². The van der Waals surface area contributed by atoms with Gasteiger partial charge in [-0.05, 0) is 37.3 Å². The van der Waals surface area contributed by atoms with Gasteiger partial charge in [0, 0.05) is 16.3 Å². The van der Waals surface area contributed by atoms with Crippen molar-refractivity contribution in [2.45, 2.75) is 17.4 Å². The highest BCUT2D eigenvalue weighted by molar-refractivity contribution is 8.00. The number of nitrogens with one attached hydrogen (secondary N) is 1. The zero-order chi connectivity index (χ0) is 16.9. The summed E-state index contributed by atoms with van der Waals surface area (Å²) in [4.78, 5) is 12.2. The van der Waals surface area contributed by atoms with Gasteiger partial charge in [-0.2, -0.15) is 0 Å². The number of anilines is 1. The number of carbonyl (C=O) groups excluding carboxylic acids is 1. The molecular weight excluding hydrogens is 346 g/mol. The first-order valence-electron chi connectivity index (χ1n) is 7.24. The fourth-order valence-electron chi connectivity index (χ4n) is 1.97. The smallest absolute Gasteiger partial charge is 0.277 e. The first-order chi connectivity index (χ1) is 11.6. The van der Waals surface area contributed by atoms with Crippen LogP contribution in [-0.2, 0) is 4.79 Å². The van der Waals surface area contributed by atoms with Crippen LogP contribution >= 0.6 is 23.4 Å². The highest BCUT2D eigenvalue weighted by Gasteiger charge is 2.19. The number of hydrogen-bond acceptors (Lipinski definition) is 5. The van der Waals surface area contributed by atoms with E-state index in [1.165, 1.54) is 11.8 Å². The average molecular weight is 360 g/mol. The quantitative estimate of drug-likeness (QED) is 0.679. The van der Waals surface area contributed by atoms with Crippen LogP contribution in [0.15, 0.2) is 64.2 Å². The van der Waals surface area contributed by atoms with E-state index in [0.717, 1.165) is 5.56 Å². The molecule has 0 bridgehead atoms. The van der Waals surface area contributed by atoms with Crippen molar-refractivity contribution in [2.75, 3.05) is 5.32 Å². The second-order valence-corrected chi connectivity index (χ2v) is 6.73. The Kier molecular flexibility index (Phi) is 5.17. The lowest BCUT2D eigenvalue weighted by Gasteiger charge is -2.09. The Morgan fingerprint density at radius 1 is 1.17 bits per heavy atom. The maximum Gasteiger partial charge on any atom is 0.277 e. The zero-order valence-corrected chi connectivity index (χ0v) is 14.3. The van der Waals surface area contributed by atoms with Gasteiger partial charge in [-0.15, -0.1) is 10.2 Å². The van der Waals surface area contributed by atoms with Gasteiger partial charge >= 0.3 is 0 Å². The Morgan fingerprint density at radius 2 is 1.96 bits per heavy atom. The molecule has 0 aliphatic rings. The van der Waals surface area contributed by atoms with Crippen molar-refractivity contribution in [3.63, 3.8) is 0 Å². The third kappa shape index (κ3) is 4.15. The summed E-state index contributed by atoms with van der Waals surface area (Å²) in [6, 6.07) is 16.5. The van der Waals surface area contributed by atoms with Crippen molar-refractivity contribution >= 4 is 35.0 Å². The number of amides is 1. The lowest BCUT2D eigenvalue weighted by atomic mass is 10.2. The monoisotopic (exact) mass is 359 g/mol. The minimum Gasteiger partial charge on any atom is -0.411 e. The molecule has 1 atom stereocenters. The van der Waals surface area contributed by atoms with Crippen LogP contribution < -0.4 is 5.32 Å². The van der Waals surface area contributed by atoms with E-state index < -0.39 is 5.25 Å². The van der Waals surface area contributed by atoms with Gasteiger partial charge in [-0.1, -0.05) is 47.6 Å². The van der Waals surface area contributed by atoms with Crippen LogP contribution in [0.3, 0.4) is 0 Å². The molecule has 0 aliphatic carbocycles. The number of nitrogens with zero attached hydrogens (tertiary/aromatic N) is 2. The fourth-order valence-corrected chi connectivity index (χ4v) is 2.84. The predicted octanol–water partition coefficient (Wildman–Crippen LogP) is 4.51. The van der Waals surface area contributed by atoms with Crippen LogP contribution in [0.25, 0.3) is 11.5 Å². The van der Waals surface area contributed by atoms with E-state index in [2.05, 4.69) is 15.5 Å². The van der Waals surface area contributed by atoms with E-state index in [1.54, 1.807) is 31.2 Å². The van der Waals surface area contributed by atoms with Gasteiger partial charge in [0.2, 0.25) is 11.8 Å². The third-order valence-corrected chi connectivity index (χ3v) is 4.34. The van der Waals surface area contributed by atoms with E-state index in [0.29, 0.717) is 21.8 Å². The van der Waals surface area contributed by atoms with Crippen molar-refractivity contribution < 1.29 is 9.21 Å². The molecule has 1 heterocycles. The normalized spacial score (nSPS) is 11.9. The molecule has 1 aromatic heterocycles. The molecule has 0 unspecified atom stereocenters. The summed E-state index contributed by atoms with van der Waals surface area (Å²) in [5.74, 6) is 0.266. The maximum atomic E-state index is 12.2. The molecule has 2 aromatic carbocycles. The number of benzene rings is 2. The number of rotatable bonds is 5. The lowest BCUT2D eigenvalue weighted by molar-refractivity contribution is -0.115. The third-order valence-electron chi connectivity index (χ3n) is 3.17. The van der Waals surface area contributed by atoms with Crippen LogP contribution in [0.2, 0.25) is 5.02 Å². The number of aromatic nitrogens is 2. The standard InChI is InChI=1S/C17H14ClN3O2S/c1-11(15(22)19-14-9-5-8-13(18)10-14)24-17-21-20-16(23-17)12-6-3-2-4-7-12/h2-11H,1H3,(H,19,22)/t11-/m0/s1. The molecule has 24 heavy (non-hydrogen) atoms. The van der Waals surface area contributed by atoms with E-state index in [-0.39, 0.29) is 5.91 Å². The van der Waals surface area contributed by atoms with E-state index in [9.17, 15) is 4.79 Å². The summed E-state index contributed by atoms with van der Waals surface area (Å²) in [6.07, 6.45) is 0. The second-order valence-electron chi connectivity index (χ2n) is 5.00. The summed E-state index contributed by atoms with van der Waals surface area (Å²) in [6.45, 7) is 1.77. The Hall–Kier alpha value is -2.31. The maximum absolute atomic E-state index is 12.2. The zero-order valence-electron chi connectivity index (χ0n) is 12.8. The van der Waals surface area contributed by atoms with E-state index >= 15 is 0 Å². The Bertz CT molecular complexity index is 839. The van der Waals surface area contributed by atoms with Gasteiger partial charge in [-0.25, -0.2) is 0 Å². The number of thioether (sulfide) groups is 1. The fraction of sp³-hybridized carbons (Fsp3) is 0.118. The lowest BCUT2D eigenvalue weighted by Crippen LogP contribution is -2.22. The summed E-state index contributed by atoms with van der Waals surface area (Å²) >= 11 is 7.11. The van der Waals surface area contributed by atoms with Crippen molar-refractivity contribution in [1.29, 1.82) is 0 Å². The molecule has 5 nitrogen and oxygen atoms in total. The van der Waals surface area contributed by atoms with Crippen LogP contribution in [0.1, 0.15) is 6.92 Å². The molecule has 0 spiro atoms. The predicted molar refractivity (Wildman–Crippen MR) is 95.1 cm³/mol. The SMILES string of the molecule is C[C@H](Sc1nnc(-c2ccccc2)o1)C(=O)Nc1cccc(Cl)c1. The molecule has 0 radical (unpaired) electrons. The van der Waals surface area contributed by atoms with Crippen LogP contribution in [-0.4, -0.2) is 21.4 Å². The average Bonchev–Trinajstić information content (AvgIpc) is 3.04. The largest absolute Gasteiger partial charge is 0.411 e. The van der Waals surface area contributed by atoms with Gasteiger partial charge in [-0.3, -0.25) is 4.79 Å². The molecule has 122 valence electrons. The second kappa shape index (κ2) is 7.51. The molecule has 0 aliphatic heterocycles. The molecule has 0 saturated heterocycles. The van der Waals surface area contributed by atoms with Crippen LogP contribution in [0.5, 0.6) is 0 Å². The molecule has 0 fully saturated rings. The van der Waals surface area contributed by atoms with Crippen LogP contribution in [0.4, 0.5) is 5.69 Å². The number of hydrogen-bond donors (Lipinski definition) is 1. The Morgan fingerprint density at radius 3 is 2.71 bits per heavy atom. The highest BCUT2D eigenvalue weighted by atomic mass is 35.5. The molecular formula is C17H14ClN3O2S. The van der Waals surface area contributed by atoms with Gasteiger partial charge in [0.25, 0.3) is 5.22 Å². The van der Waals surface area contributed by atoms with Gasteiger partial charge in [0.1, 0.15) is 0 Å². The van der Waals surface area contributed by atoms with Gasteiger partial charge in [0.15, 0.2) is 0 Å². The van der Waals surface area contributed by atoms with Gasteiger partial charge < -0.3 is 9.73 Å². The molecule has 1 amide bonds. The van der Waals surface area contributed by atoms with Crippen molar-refractivity contribution in [2.24, 2.45) is 0 Å².